The van der Waals surface area contributed by atoms with Crippen molar-refractivity contribution < 1.29 is 4.39 Å². The zero-order valence-corrected chi connectivity index (χ0v) is 13.3. The number of hydrogen-bond donors (Lipinski definition) is 1. The molecule has 0 spiro atoms. The molecule has 5 heteroatoms. The third-order valence-electron chi connectivity index (χ3n) is 3.37. The highest BCUT2D eigenvalue weighted by molar-refractivity contribution is 6.31. The molecule has 0 fully saturated rings. The first-order valence-electron chi connectivity index (χ1n) is 7.09. The van der Waals surface area contributed by atoms with Gasteiger partial charge in [-0.25, -0.2) is 14.4 Å². The number of hydrogen-bond acceptors (Lipinski definition) is 3. The highest BCUT2D eigenvalue weighted by Gasteiger charge is 2.13. The van der Waals surface area contributed by atoms with E-state index in [2.05, 4.69) is 15.3 Å². The van der Waals surface area contributed by atoms with Gasteiger partial charge < -0.3 is 5.32 Å². The first-order valence-corrected chi connectivity index (χ1v) is 7.47. The van der Waals surface area contributed by atoms with Crippen molar-refractivity contribution in [2.45, 2.75) is 33.6 Å². The van der Waals surface area contributed by atoms with Crippen molar-refractivity contribution in [3.8, 4) is 0 Å². The molecule has 2 rings (SSSR count). The summed E-state index contributed by atoms with van der Waals surface area (Å²) in [5, 5.41) is 3.63. The molecule has 0 atom stereocenters. The van der Waals surface area contributed by atoms with E-state index in [1.54, 1.807) is 12.1 Å². The van der Waals surface area contributed by atoms with Crippen molar-refractivity contribution in [1.29, 1.82) is 0 Å². The number of aromatic nitrogens is 2. The zero-order valence-electron chi connectivity index (χ0n) is 12.5. The van der Waals surface area contributed by atoms with Gasteiger partial charge in [0.2, 0.25) is 0 Å². The largest absolute Gasteiger partial charge is 0.370 e. The fourth-order valence-corrected chi connectivity index (χ4v) is 2.47. The number of benzene rings is 1. The van der Waals surface area contributed by atoms with Gasteiger partial charge in [0.15, 0.2) is 0 Å². The summed E-state index contributed by atoms with van der Waals surface area (Å²) >= 11 is 6.07. The van der Waals surface area contributed by atoms with Crippen LogP contribution in [-0.4, -0.2) is 16.5 Å². The smallest absolute Gasteiger partial charge is 0.135 e. The van der Waals surface area contributed by atoms with Crippen LogP contribution in [0, 0.1) is 12.7 Å². The van der Waals surface area contributed by atoms with E-state index in [9.17, 15) is 4.39 Å². The van der Waals surface area contributed by atoms with Crippen molar-refractivity contribution in [3.63, 3.8) is 0 Å². The predicted octanol–water partition coefficient (Wildman–Crippen LogP) is 4.16. The number of rotatable bonds is 5. The van der Waals surface area contributed by atoms with Gasteiger partial charge in [0.25, 0.3) is 0 Å². The van der Waals surface area contributed by atoms with Gasteiger partial charge in [0.05, 0.1) is 0 Å². The second-order valence-corrected chi connectivity index (χ2v) is 5.23. The summed E-state index contributed by atoms with van der Waals surface area (Å²) in [5.74, 6) is 1.07. The molecule has 1 aromatic carbocycles. The third-order valence-corrected chi connectivity index (χ3v) is 3.72. The summed E-state index contributed by atoms with van der Waals surface area (Å²) in [6.45, 7) is 6.84. The third kappa shape index (κ3) is 3.50. The SMILES string of the molecule is CCNc1nc(Cc2c(F)cccc2Cl)nc(CC)c1C. The van der Waals surface area contributed by atoms with Gasteiger partial charge in [-0.15, -0.1) is 0 Å². The Bertz CT molecular complexity index is 623. The number of anilines is 1. The second kappa shape index (κ2) is 6.85. The Morgan fingerprint density at radius 1 is 1.24 bits per heavy atom. The maximum Gasteiger partial charge on any atom is 0.135 e. The normalized spacial score (nSPS) is 10.7. The summed E-state index contributed by atoms with van der Waals surface area (Å²) in [4.78, 5) is 9.04. The minimum absolute atomic E-state index is 0.289. The minimum atomic E-state index is -0.324. The molecule has 1 aromatic heterocycles. The van der Waals surface area contributed by atoms with E-state index in [4.69, 9.17) is 11.6 Å². The molecule has 0 aliphatic rings. The molecule has 1 heterocycles. The monoisotopic (exact) mass is 307 g/mol. The molecule has 0 saturated heterocycles. The maximum atomic E-state index is 13.9. The van der Waals surface area contributed by atoms with E-state index in [1.807, 2.05) is 20.8 Å². The molecule has 0 radical (unpaired) electrons. The number of nitrogens with one attached hydrogen (secondary N) is 1. The molecular formula is C16H19ClFN3. The van der Waals surface area contributed by atoms with Gasteiger partial charge >= 0.3 is 0 Å². The van der Waals surface area contributed by atoms with Gasteiger partial charge in [-0.1, -0.05) is 24.6 Å². The Morgan fingerprint density at radius 2 is 2.00 bits per heavy atom. The summed E-state index contributed by atoms with van der Waals surface area (Å²) in [5.41, 5.74) is 2.46. The van der Waals surface area contributed by atoms with Gasteiger partial charge in [-0.3, -0.25) is 0 Å². The topological polar surface area (TPSA) is 37.8 Å². The van der Waals surface area contributed by atoms with Crippen molar-refractivity contribution in [3.05, 3.63) is 51.7 Å². The quantitative estimate of drug-likeness (QED) is 0.901. The standard InChI is InChI=1S/C16H19ClFN3/c1-4-14-10(3)16(19-5-2)21-15(20-14)9-11-12(17)7-6-8-13(11)18/h6-8H,4-5,9H2,1-3H3,(H,19,20,21). The first-order chi connectivity index (χ1) is 10.1. The second-order valence-electron chi connectivity index (χ2n) is 4.82. The van der Waals surface area contributed by atoms with Gasteiger partial charge in [0, 0.05) is 34.8 Å². The van der Waals surface area contributed by atoms with Crippen LogP contribution in [0.3, 0.4) is 0 Å². The van der Waals surface area contributed by atoms with Crippen LogP contribution in [0.5, 0.6) is 0 Å². The molecule has 0 saturated carbocycles. The lowest BCUT2D eigenvalue weighted by molar-refractivity contribution is 0.612. The summed E-state index contributed by atoms with van der Waals surface area (Å²) in [6.07, 6.45) is 1.10. The lowest BCUT2D eigenvalue weighted by Crippen LogP contribution is -2.10. The molecule has 0 aliphatic heterocycles. The summed E-state index contributed by atoms with van der Waals surface area (Å²) < 4.78 is 13.9. The average Bonchev–Trinajstić information content (AvgIpc) is 2.46. The molecule has 3 nitrogen and oxygen atoms in total. The van der Waals surface area contributed by atoms with Crippen LogP contribution in [0.25, 0.3) is 0 Å². The fourth-order valence-electron chi connectivity index (χ4n) is 2.24. The highest BCUT2D eigenvalue weighted by Crippen LogP contribution is 2.23. The molecule has 0 amide bonds. The average molecular weight is 308 g/mol. The Morgan fingerprint density at radius 3 is 2.62 bits per heavy atom. The van der Waals surface area contributed by atoms with E-state index < -0.39 is 0 Å². The molecule has 1 N–H and O–H groups in total. The minimum Gasteiger partial charge on any atom is -0.370 e. The van der Waals surface area contributed by atoms with Crippen LogP contribution < -0.4 is 5.32 Å². The van der Waals surface area contributed by atoms with Crippen LogP contribution in [0.1, 0.15) is 36.5 Å². The predicted molar refractivity (Wildman–Crippen MR) is 84.5 cm³/mol. The van der Waals surface area contributed by atoms with Crippen LogP contribution in [0.2, 0.25) is 5.02 Å². The van der Waals surface area contributed by atoms with Crippen LogP contribution >= 0.6 is 11.6 Å². The Hall–Kier alpha value is -1.68. The van der Waals surface area contributed by atoms with Gasteiger partial charge in [0.1, 0.15) is 17.5 Å². The Balaban J connectivity index is 2.42. The number of nitrogens with zero attached hydrogens (tertiary/aromatic N) is 2. The number of aryl methyl sites for hydroxylation is 1. The molecule has 2 aromatic rings. The van der Waals surface area contributed by atoms with Crippen LogP contribution in [0.4, 0.5) is 10.2 Å². The van der Waals surface area contributed by atoms with E-state index in [0.29, 0.717) is 16.4 Å². The molecule has 0 aliphatic carbocycles. The van der Waals surface area contributed by atoms with Gasteiger partial charge in [-0.05, 0) is 32.4 Å². The fraction of sp³-hybridized carbons (Fsp3) is 0.375. The number of halogens is 2. The van der Waals surface area contributed by atoms with E-state index >= 15 is 0 Å². The van der Waals surface area contributed by atoms with Crippen molar-refractivity contribution >= 4 is 17.4 Å². The molecular weight excluding hydrogens is 289 g/mol. The molecule has 21 heavy (non-hydrogen) atoms. The van der Waals surface area contributed by atoms with Gasteiger partial charge in [-0.2, -0.15) is 0 Å². The Labute approximate surface area is 129 Å². The van der Waals surface area contributed by atoms with Crippen molar-refractivity contribution in [1.82, 2.24) is 9.97 Å². The lowest BCUT2D eigenvalue weighted by atomic mass is 10.1. The van der Waals surface area contributed by atoms with Crippen molar-refractivity contribution in [2.24, 2.45) is 0 Å². The van der Waals surface area contributed by atoms with E-state index in [1.165, 1.54) is 6.07 Å². The summed E-state index contributed by atoms with van der Waals surface area (Å²) in [7, 11) is 0. The molecule has 0 unspecified atom stereocenters. The van der Waals surface area contributed by atoms with Crippen LogP contribution in [-0.2, 0) is 12.8 Å². The zero-order chi connectivity index (χ0) is 15.4. The first kappa shape index (κ1) is 15.7. The van der Waals surface area contributed by atoms with E-state index in [-0.39, 0.29) is 12.2 Å². The summed E-state index contributed by atoms with van der Waals surface area (Å²) in [6, 6.07) is 4.68. The molecule has 0 bridgehead atoms. The van der Waals surface area contributed by atoms with Crippen LogP contribution in [0.15, 0.2) is 18.2 Å². The maximum absolute atomic E-state index is 13.9. The van der Waals surface area contributed by atoms with Crippen molar-refractivity contribution in [2.75, 3.05) is 11.9 Å². The lowest BCUT2D eigenvalue weighted by Gasteiger charge is -2.13. The Kier molecular flexibility index (Phi) is 5.12. The molecule has 112 valence electrons. The highest BCUT2D eigenvalue weighted by atomic mass is 35.5. The van der Waals surface area contributed by atoms with E-state index in [0.717, 1.165) is 30.0 Å².